The van der Waals surface area contributed by atoms with E-state index in [0.717, 1.165) is 43.2 Å². The van der Waals surface area contributed by atoms with Crippen molar-refractivity contribution in [1.29, 1.82) is 0 Å². The van der Waals surface area contributed by atoms with E-state index in [1.807, 2.05) is 91.0 Å². The van der Waals surface area contributed by atoms with Gasteiger partial charge in [0.05, 0.1) is 5.56 Å². The van der Waals surface area contributed by atoms with Gasteiger partial charge in [0.25, 0.3) is 0 Å². The molecule has 0 unspecified atom stereocenters. The molecule has 0 N–H and O–H groups in total. The average molecular weight is 533 g/mol. The summed E-state index contributed by atoms with van der Waals surface area (Å²) in [4.78, 5) is 20.1. The summed E-state index contributed by atoms with van der Waals surface area (Å²) in [7, 11) is 0. The van der Waals surface area contributed by atoms with Crippen LogP contribution in [0.3, 0.4) is 0 Å². The maximum Gasteiger partial charge on any atom is 0.227 e. The van der Waals surface area contributed by atoms with Crippen molar-refractivity contribution in [3.63, 3.8) is 0 Å². The van der Waals surface area contributed by atoms with E-state index in [2.05, 4.69) is 30.3 Å². The molecule has 0 atom stereocenters. The molecule has 6 heteroatoms. The molecule has 0 aliphatic heterocycles. The number of hydrogen-bond acceptors (Lipinski definition) is 6. The number of oxazole rings is 1. The second-order valence-corrected chi connectivity index (χ2v) is 10.6. The normalized spacial score (nSPS) is 11.5. The third-order valence-electron chi connectivity index (χ3n) is 6.97. The zero-order valence-electron chi connectivity index (χ0n) is 21.2. The summed E-state index contributed by atoms with van der Waals surface area (Å²) in [6.07, 6.45) is 0. The lowest BCUT2D eigenvalue weighted by Gasteiger charge is -2.10. The van der Waals surface area contributed by atoms with Gasteiger partial charge in [-0.2, -0.15) is 0 Å². The van der Waals surface area contributed by atoms with Crippen LogP contribution in [0.15, 0.2) is 126 Å². The van der Waals surface area contributed by atoms with E-state index in [9.17, 15) is 0 Å². The van der Waals surface area contributed by atoms with Crippen LogP contribution in [-0.4, -0.2) is 19.9 Å². The molecular formula is C34H20N4OS. The lowest BCUT2D eigenvalue weighted by Crippen LogP contribution is -2.01. The van der Waals surface area contributed by atoms with Gasteiger partial charge in [0.15, 0.2) is 23.1 Å². The van der Waals surface area contributed by atoms with E-state index in [4.69, 9.17) is 24.4 Å². The quantitative estimate of drug-likeness (QED) is 0.226. The van der Waals surface area contributed by atoms with E-state index in [1.165, 1.54) is 4.70 Å². The highest BCUT2D eigenvalue weighted by Crippen LogP contribution is 2.44. The summed E-state index contributed by atoms with van der Waals surface area (Å²) in [6.45, 7) is 0. The van der Waals surface area contributed by atoms with Crippen molar-refractivity contribution in [1.82, 2.24) is 19.9 Å². The summed E-state index contributed by atoms with van der Waals surface area (Å²) in [5.41, 5.74) is 5.06. The van der Waals surface area contributed by atoms with Crippen LogP contribution in [0, 0.1) is 0 Å². The third kappa shape index (κ3) is 3.77. The topological polar surface area (TPSA) is 64.7 Å². The summed E-state index contributed by atoms with van der Waals surface area (Å²) in [6, 6.07) is 40.6. The van der Waals surface area contributed by atoms with Crippen molar-refractivity contribution in [2.45, 2.75) is 0 Å². The first-order valence-electron chi connectivity index (χ1n) is 13.0. The van der Waals surface area contributed by atoms with Gasteiger partial charge < -0.3 is 4.42 Å². The highest BCUT2D eigenvalue weighted by atomic mass is 32.1. The molecule has 0 radical (unpaired) electrons. The number of nitrogens with zero attached hydrogens (tertiary/aromatic N) is 4. The first kappa shape index (κ1) is 22.8. The Kier molecular flexibility index (Phi) is 5.24. The van der Waals surface area contributed by atoms with E-state index < -0.39 is 0 Å². The fourth-order valence-corrected chi connectivity index (χ4v) is 6.26. The van der Waals surface area contributed by atoms with Gasteiger partial charge in [-0.15, -0.1) is 11.3 Å². The van der Waals surface area contributed by atoms with Crippen molar-refractivity contribution < 1.29 is 4.42 Å². The molecule has 3 heterocycles. The minimum atomic E-state index is 0.569. The Balaban J connectivity index is 1.49. The smallest absolute Gasteiger partial charge is 0.227 e. The second kappa shape index (κ2) is 9.22. The Bertz CT molecular complexity index is 2100. The molecule has 0 saturated carbocycles. The summed E-state index contributed by atoms with van der Waals surface area (Å²) in [5, 5.41) is 2.22. The van der Waals surface area contributed by atoms with Crippen LogP contribution in [0.5, 0.6) is 0 Å². The molecule has 3 aromatic heterocycles. The van der Waals surface area contributed by atoms with Crippen LogP contribution in [0.4, 0.5) is 0 Å². The zero-order valence-corrected chi connectivity index (χ0v) is 22.0. The first-order chi connectivity index (χ1) is 19.8. The summed E-state index contributed by atoms with van der Waals surface area (Å²) in [5.74, 6) is 2.36. The molecule has 40 heavy (non-hydrogen) atoms. The van der Waals surface area contributed by atoms with Gasteiger partial charge in [-0.3, -0.25) is 0 Å². The van der Waals surface area contributed by atoms with Crippen molar-refractivity contribution in [2.24, 2.45) is 0 Å². The fourth-order valence-electron chi connectivity index (χ4n) is 5.11. The van der Waals surface area contributed by atoms with E-state index in [0.29, 0.717) is 28.9 Å². The highest BCUT2D eigenvalue weighted by molar-refractivity contribution is 7.26. The second-order valence-electron chi connectivity index (χ2n) is 9.49. The van der Waals surface area contributed by atoms with Gasteiger partial charge in [-0.1, -0.05) is 97.1 Å². The number of thiophene rings is 1. The summed E-state index contributed by atoms with van der Waals surface area (Å²) >= 11 is 1.73. The molecule has 0 amide bonds. The van der Waals surface area contributed by atoms with Crippen LogP contribution >= 0.6 is 11.3 Å². The van der Waals surface area contributed by atoms with Gasteiger partial charge in [0.1, 0.15) is 5.52 Å². The molecule has 0 aliphatic carbocycles. The zero-order chi connectivity index (χ0) is 26.5. The Morgan fingerprint density at radius 2 is 1.05 bits per heavy atom. The van der Waals surface area contributed by atoms with Gasteiger partial charge in [-0.25, -0.2) is 19.9 Å². The Hall–Kier alpha value is -5.20. The molecular weight excluding hydrogens is 512 g/mol. The fraction of sp³-hybridized carbons (Fsp3) is 0. The van der Waals surface area contributed by atoms with Gasteiger partial charge in [0, 0.05) is 42.9 Å². The van der Waals surface area contributed by atoms with Gasteiger partial charge in [0.2, 0.25) is 5.89 Å². The van der Waals surface area contributed by atoms with Crippen molar-refractivity contribution in [3.8, 4) is 45.6 Å². The Labute approximate surface area is 233 Å². The molecule has 0 fully saturated rings. The van der Waals surface area contributed by atoms with Crippen LogP contribution < -0.4 is 0 Å². The Morgan fingerprint density at radius 1 is 0.500 bits per heavy atom. The van der Waals surface area contributed by atoms with Crippen LogP contribution in [0.1, 0.15) is 0 Å². The predicted octanol–water partition coefficient (Wildman–Crippen LogP) is 9.05. The average Bonchev–Trinajstić information content (AvgIpc) is 3.62. The van der Waals surface area contributed by atoms with Crippen LogP contribution in [0.25, 0.3) is 76.9 Å². The molecule has 8 rings (SSSR count). The molecule has 0 spiro atoms. The van der Waals surface area contributed by atoms with Crippen LogP contribution in [0.2, 0.25) is 0 Å². The van der Waals surface area contributed by atoms with Crippen molar-refractivity contribution in [3.05, 3.63) is 121 Å². The number of benzene rings is 5. The highest BCUT2D eigenvalue weighted by Gasteiger charge is 2.23. The lowest BCUT2D eigenvalue weighted by molar-refractivity contribution is 0.620. The monoisotopic (exact) mass is 532 g/mol. The van der Waals surface area contributed by atoms with E-state index >= 15 is 0 Å². The Morgan fingerprint density at radius 3 is 1.70 bits per heavy atom. The van der Waals surface area contributed by atoms with E-state index in [1.54, 1.807) is 11.3 Å². The molecule has 0 saturated heterocycles. The van der Waals surface area contributed by atoms with E-state index in [-0.39, 0.29) is 0 Å². The third-order valence-corrected chi connectivity index (χ3v) is 8.09. The first-order valence-corrected chi connectivity index (χ1v) is 13.8. The molecule has 188 valence electrons. The van der Waals surface area contributed by atoms with Crippen molar-refractivity contribution in [2.75, 3.05) is 0 Å². The minimum Gasteiger partial charge on any atom is -0.436 e. The number of aromatic nitrogens is 4. The number of fused-ring (bicyclic) bond motifs is 4. The number of rotatable bonds is 4. The molecule has 5 aromatic carbocycles. The standard InChI is InChI=1S/C34H20N4OS/c1-4-12-21(13-5-1)31-36-32(22-14-6-2-7-15-22)38-33(37-31)29-28-24-18-10-11-19-26(24)40-27(28)20-25-30(29)35-34(39-25)23-16-8-3-9-17-23/h1-20H. The van der Waals surface area contributed by atoms with Crippen molar-refractivity contribution >= 4 is 42.6 Å². The van der Waals surface area contributed by atoms with Gasteiger partial charge >= 0.3 is 0 Å². The van der Waals surface area contributed by atoms with Crippen LogP contribution in [-0.2, 0) is 0 Å². The summed E-state index contributed by atoms with van der Waals surface area (Å²) < 4.78 is 8.66. The number of hydrogen-bond donors (Lipinski definition) is 0. The molecule has 0 bridgehead atoms. The SMILES string of the molecule is c1ccc(-c2nc(-c3ccccc3)nc(-c3c4nc(-c5ccccc5)oc4cc4sc5ccccc5c34)n2)cc1. The van der Waals surface area contributed by atoms with Gasteiger partial charge in [-0.05, 0) is 18.2 Å². The molecule has 5 nitrogen and oxygen atoms in total. The maximum absolute atomic E-state index is 6.37. The maximum atomic E-state index is 6.37. The molecule has 8 aromatic rings. The largest absolute Gasteiger partial charge is 0.436 e. The lowest BCUT2D eigenvalue weighted by atomic mass is 10.0. The minimum absolute atomic E-state index is 0.569. The molecule has 0 aliphatic rings. The predicted molar refractivity (Wildman–Crippen MR) is 162 cm³/mol.